The van der Waals surface area contributed by atoms with Crippen LogP contribution in [0.2, 0.25) is 0 Å². The molecule has 0 aliphatic carbocycles. The van der Waals surface area contributed by atoms with E-state index in [9.17, 15) is 0 Å². The lowest BCUT2D eigenvalue weighted by Crippen LogP contribution is -1.92. The number of furan rings is 1. The van der Waals surface area contributed by atoms with Gasteiger partial charge in [-0.15, -0.1) is 0 Å². The first-order valence-corrected chi connectivity index (χ1v) is 3.88. The van der Waals surface area contributed by atoms with Gasteiger partial charge in [-0.25, -0.2) is 0 Å². The van der Waals surface area contributed by atoms with E-state index < -0.39 is 0 Å². The van der Waals surface area contributed by atoms with Crippen LogP contribution in [0, 0.1) is 6.92 Å². The van der Waals surface area contributed by atoms with Crippen LogP contribution in [0.4, 0.5) is 0 Å². The molecule has 66 valence electrons. The highest BCUT2D eigenvalue weighted by molar-refractivity contribution is 5.75. The van der Waals surface area contributed by atoms with Gasteiger partial charge < -0.3 is 9.15 Å². The molecule has 0 fully saturated rings. The summed E-state index contributed by atoms with van der Waals surface area (Å²) in [5.74, 6) is 1.70. The first-order chi connectivity index (χ1) is 5.83. The zero-order chi connectivity index (χ0) is 8.81. The Kier molecular flexibility index (Phi) is 3.54. The fourth-order valence-electron chi connectivity index (χ4n) is 0.821. The molecule has 0 N–H and O–H groups in total. The number of nitrogens with zero attached hydrogens (tertiary/aromatic N) is 1. The van der Waals surface area contributed by atoms with E-state index in [1.807, 2.05) is 19.1 Å². The molecule has 0 aromatic carbocycles. The van der Waals surface area contributed by atoms with Gasteiger partial charge >= 0.3 is 0 Å². The van der Waals surface area contributed by atoms with Gasteiger partial charge in [0.2, 0.25) is 0 Å². The molecule has 0 aliphatic heterocycles. The molecule has 0 unspecified atom stereocenters. The third-order valence-corrected chi connectivity index (χ3v) is 1.40. The molecule has 3 heteroatoms. The van der Waals surface area contributed by atoms with E-state index in [2.05, 4.69) is 4.99 Å². The van der Waals surface area contributed by atoms with E-state index in [0.717, 1.165) is 11.5 Å². The van der Waals surface area contributed by atoms with Crippen molar-refractivity contribution in [1.82, 2.24) is 0 Å². The van der Waals surface area contributed by atoms with Crippen LogP contribution in [0.5, 0.6) is 0 Å². The second-order valence-corrected chi connectivity index (χ2v) is 2.48. The topological polar surface area (TPSA) is 34.7 Å². The molecule has 1 rings (SSSR count). The summed E-state index contributed by atoms with van der Waals surface area (Å²) in [6.45, 7) is 3.24. The van der Waals surface area contributed by atoms with Crippen molar-refractivity contribution in [3.8, 4) is 0 Å². The minimum absolute atomic E-state index is 0.649. The lowest BCUT2D eigenvalue weighted by Gasteiger charge is -1.90. The number of aliphatic imine (C=N–C) groups is 1. The van der Waals surface area contributed by atoms with Crippen LogP contribution in [-0.4, -0.2) is 26.5 Å². The minimum atomic E-state index is 0.649. The first kappa shape index (κ1) is 9.00. The largest absolute Gasteiger partial charge is 0.460 e. The monoisotopic (exact) mass is 167 g/mol. The molecular formula is C9H13NO2. The summed E-state index contributed by atoms with van der Waals surface area (Å²) in [7, 11) is 1.66. The Morgan fingerprint density at radius 1 is 1.58 bits per heavy atom. The molecule has 0 saturated heterocycles. The molecule has 0 spiro atoms. The molecular weight excluding hydrogens is 154 g/mol. The van der Waals surface area contributed by atoms with Crippen molar-refractivity contribution in [3.63, 3.8) is 0 Å². The van der Waals surface area contributed by atoms with Crippen LogP contribution in [-0.2, 0) is 4.74 Å². The fourth-order valence-corrected chi connectivity index (χ4v) is 0.821. The lowest BCUT2D eigenvalue weighted by atomic mass is 10.4. The van der Waals surface area contributed by atoms with Crippen LogP contribution >= 0.6 is 0 Å². The second-order valence-electron chi connectivity index (χ2n) is 2.48. The third kappa shape index (κ3) is 2.88. The summed E-state index contributed by atoms with van der Waals surface area (Å²) in [5.41, 5.74) is 0. The van der Waals surface area contributed by atoms with Gasteiger partial charge in [0.1, 0.15) is 11.5 Å². The average Bonchev–Trinajstić information content (AvgIpc) is 2.45. The Hall–Kier alpha value is -1.09. The molecule has 0 bridgehead atoms. The van der Waals surface area contributed by atoms with Gasteiger partial charge in [0.15, 0.2) is 0 Å². The first-order valence-electron chi connectivity index (χ1n) is 3.88. The van der Waals surface area contributed by atoms with Crippen LogP contribution < -0.4 is 0 Å². The van der Waals surface area contributed by atoms with Gasteiger partial charge in [-0.1, -0.05) is 0 Å². The number of ether oxygens (including phenoxy) is 1. The zero-order valence-electron chi connectivity index (χ0n) is 7.41. The van der Waals surface area contributed by atoms with E-state index >= 15 is 0 Å². The van der Waals surface area contributed by atoms with Crippen molar-refractivity contribution in [2.24, 2.45) is 4.99 Å². The summed E-state index contributed by atoms with van der Waals surface area (Å²) in [6, 6.07) is 3.81. The molecule has 0 atom stereocenters. The van der Waals surface area contributed by atoms with Gasteiger partial charge in [0.05, 0.1) is 19.4 Å². The molecule has 0 amide bonds. The Morgan fingerprint density at radius 2 is 2.42 bits per heavy atom. The number of hydrogen-bond donors (Lipinski definition) is 0. The minimum Gasteiger partial charge on any atom is -0.460 e. The van der Waals surface area contributed by atoms with Crippen molar-refractivity contribution in [1.29, 1.82) is 0 Å². The van der Waals surface area contributed by atoms with Gasteiger partial charge in [0.25, 0.3) is 0 Å². The van der Waals surface area contributed by atoms with Gasteiger partial charge in [-0.2, -0.15) is 0 Å². The predicted octanol–water partition coefficient (Wildman–Crippen LogP) is 1.65. The average molecular weight is 167 g/mol. The molecule has 0 saturated carbocycles. The molecule has 1 heterocycles. The molecule has 1 aromatic rings. The highest BCUT2D eigenvalue weighted by atomic mass is 16.5. The number of hydrogen-bond acceptors (Lipinski definition) is 3. The van der Waals surface area contributed by atoms with E-state index in [-0.39, 0.29) is 0 Å². The normalized spacial score (nSPS) is 11.2. The highest BCUT2D eigenvalue weighted by Gasteiger charge is 1.91. The van der Waals surface area contributed by atoms with Crippen molar-refractivity contribution >= 4 is 6.21 Å². The third-order valence-electron chi connectivity index (χ3n) is 1.40. The summed E-state index contributed by atoms with van der Waals surface area (Å²) in [4.78, 5) is 4.10. The maximum atomic E-state index is 5.27. The Bertz CT molecular complexity index is 253. The van der Waals surface area contributed by atoms with Gasteiger partial charge in [0, 0.05) is 7.11 Å². The highest BCUT2D eigenvalue weighted by Crippen LogP contribution is 2.02. The number of methoxy groups -OCH3 is 1. The maximum absolute atomic E-state index is 5.27. The van der Waals surface area contributed by atoms with E-state index in [0.29, 0.717) is 13.2 Å². The number of aryl methyl sites for hydroxylation is 1. The molecule has 3 nitrogen and oxygen atoms in total. The molecule has 12 heavy (non-hydrogen) atoms. The summed E-state index contributed by atoms with van der Waals surface area (Å²) >= 11 is 0. The van der Waals surface area contributed by atoms with Crippen molar-refractivity contribution in [3.05, 3.63) is 23.7 Å². The standard InChI is InChI=1S/C9H13NO2/c1-8-3-4-9(12-8)7-10-5-6-11-2/h3-4,7H,5-6H2,1-2H3. The Balaban J connectivity index is 2.36. The molecule has 0 aliphatic rings. The van der Waals surface area contributed by atoms with Crippen molar-refractivity contribution in [2.45, 2.75) is 6.92 Å². The molecule has 1 aromatic heterocycles. The van der Waals surface area contributed by atoms with Crippen LogP contribution in [0.25, 0.3) is 0 Å². The van der Waals surface area contributed by atoms with Crippen molar-refractivity contribution in [2.75, 3.05) is 20.3 Å². The van der Waals surface area contributed by atoms with E-state index in [4.69, 9.17) is 9.15 Å². The SMILES string of the molecule is COCCN=Cc1ccc(C)o1. The number of rotatable bonds is 4. The van der Waals surface area contributed by atoms with Crippen molar-refractivity contribution < 1.29 is 9.15 Å². The Morgan fingerprint density at radius 3 is 3.00 bits per heavy atom. The van der Waals surface area contributed by atoms with E-state index in [1.165, 1.54) is 0 Å². The van der Waals surface area contributed by atoms with E-state index in [1.54, 1.807) is 13.3 Å². The van der Waals surface area contributed by atoms with Crippen LogP contribution in [0.1, 0.15) is 11.5 Å². The maximum Gasteiger partial charge on any atom is 0.144 e. The summed E-state index contributed by atoms with van der Waals surface area (Å²) < 4.78 is 10.1. The summed E-state index contributed by atoms with van der Waals surface area (Å²) in [6.07, 6.45) is 1.71. The zero-order valence-corrected chi connectivity index (χ0v) is 7.41. The molecule has 0 radical (unpaired) electrons. The van der Waals surface area contributed by atoms with Crippen LogP contribution in [0.3, 0.4) is 0 Å². The lowest BCUT2D eigenvalue weighted by molar-refractivity contribution is 0.208. The second kappa shape index (κ2) is 4.72. The van der Waals surface area contributed by atoms with Gasteiger partial charge in [-0.05, 0) is 19.1 Å². The summed E-state index contributed by atoms with van der Waals surface area (Å²) in [5, 5.41) is 0. The van der Waals surface area contributed by atoms with Crippen LogP contribution in [0.15, 0.2) is 21.5 Å². The smallest absolute Gasteiger partial charge is 0.144 e. The van der Waals surface area contributed by atoms with Gasteiger partial charge in [-0.3, -0.25) is 4.99 Å². The Labute approximate surface area is 72.1 Å². The predicted molar refractivity (Wildman–Crippen MR) is 47.8 cm³/mol. The quantitative estimate of drug-likeness (QED) is 0.505. The fraction of sp³-hybridized carbons (Fsp3) is 0.444.